The summed E-state index contributed by atoms with van der Waals surface area (Å²) in [5, 5.41) is 3.66. The van der Waals surface area contributed by atoms with Crippen LogP contribution < -0.4 is 5.32 Å². The van der Waals surface area contributed by atoms with Crippen molar-refractivity contribution in [1.82, 2.24) is 10.2 Å². The van der Waals surface area contributed by atoms with Crippen molar-refractivity contribution in [2.24, 2.45) is 0 Å². The number of piperidine rings is 1. The van der Waals surface area contributed by atoms with E-state index in [2.05, 4.69) is 17.3 Å². The Morgan fingerprint density at radius 1 is 1.27 bits per heavy atom. The average molecular weight is 154 g/mol. The second-order valence-electron chi connectivity index (χ2n) is 4.15. The Morgan fingerprint density at radius 2 is 2.09 bits per heavy atom. The van der Waals surface area contributed by atoms with Crippen molar-refractivity contribution in [3.8, 4) is 0 Å². The molecule has 64 valence electrons. The SMILES string of the molecule is CN1CCC[C@@]2(CCCN2)C1. The van der Waals surface area contributed by atoms with Gasteiger partial charge in [0.05, 0.1) is 0 Å². The predicted molar refractivity (Wildman–Crippen MR) is 46.7 cm³/mol. The van der Waals surface area contributed by atoms with E-state index in [4.69, 9.17) is 0 Å². The second kappa shape index (κ2) is 2.76. The van der Waals surface area contributed by atoms with Crippen molar-refractivity contribution < 1.29 is 0 Å². The van der Waals surface area contributed by atoms with Gasteiger partial charge in [0, 0.05) is 12.1 Å². The number of likely N-dealkylation sites (N-methyl/N-ethyl adjacent to an activating group) is 1. The summed E-state index contributed by atoms with van der Waals surface area (Å²) in [7, 11) is 2.24. The summed E-state index contributed by atoms with van der Waals surface area (Å²) in [4.78, 5) is 2.46. The van der Waals surface area contributed by atoms with Crippen LogP contribution in [0.3, 0.4) is 0 Å². The third-order valence-electron chi connectivity index (χ3n) is 3.10. The Hall–Kier alpha value is -0.0800. The third kappa shape index (κ3) is 1.42. The quantitative estimate of drug-likeness (QED) is 0.556. The molecule has 2 heteroatoms. The summed E-state index contributed by atoms with van der Waals surface area (Å²) in [6.45, 7) is 3.81. The van der Waals surface area contributed by atoms with Gasteiger partial charge in [-0.3, -0.25) is 0 Å². The molecule has 0 aromatic rings. The monoisotopic (exact) mass is 154 g/mol. The van der Waals surface area contributed by atoms with Crippen molar-refractivity contribution in [2.75, 3.05) is 26.7 Å². The van der Waals surface area contributed by atoms with E-state index in [1.165, 1.54) is 45.3 Å². The molecule has 2 aliphatic heterocycles. The van der Waals surface area contributed by atoms with Gasteiger partial charge in [-0.2, -0.15) is 0 Å². The van der Waals surface area contributed by atoms with Crippen LogP contribution in [-0.2, 0) is 0 Å². The Morgan fingerprint density at radius 3 is 2.73 bits per heavy atom. The first-order chi connectivity index (χ1) is 5.31. The molecule has 0 aromatic carbocycles. The van der Waals surface area contributed by atoms with Gasteiger partial charge < -0.3 is 10.2 Å². The van der Waals surface area contributed by atoms with Crippen LogP contribution in [0, 0.1) is 0 Å². The third-order valence-corrected chi connectivity index (χ3v) is 3.10. The maximum atomic E-state index is 3.66. The summed E-state index contributed by atoms with van der Waals surface area (Å²) in [5.74, 6) is 0. The van der Waals surface area contributed by atoms with Gasteiger partial charge in [-0.25, -0.2) is 0 Å². The zero-order valence-electron chi connectivity index (χ0n) is 7.40. The summed E-state index contributed by atoms with van der Waals surface area (Å²) < 4.78 is 0. The van der Waals surface area contributed by atoms with E-state index in [1.54, 1.807) is 0 Å². The molecule has 0 radical (unpaired) electrons. The van der Waals surface area contributed by atoms with Crippen LogP contribution in [-0.4, -0.2) is 37.1 Å². The molecular formula is C9H18N2. The van der Waals surface area contributed by atoms with Crippen molar-refractivity contribution >= 4 is 0 Å². The van der Waals surface area contributed by atoms with Gasteiger partial charge in [0.2, 0.25) is 0 Å². The minimum absolute atomic E-state index is 0.521. The molecule has 2 heterocycles. The topological polar surface area (TPSA) is 15.3 Å². The lowest BCUT2D eigenvalue weighted by molar-refractivity contribution is 0.161. The molecule has 2 rings (SSSR count). The molecule has 0 unspecified atom stereocenters. The molecule has 2 aliphatic rings. The van der Waals surface area contributed by atoms with Crippen LogP contribution in [0.15, 0.2) is 0 Å². The van der Waals surface area contributed by atoms with Gasteiger partial charge >= 0.3 is 0 Å². The number of hydrogen-bond acceptors (Lipinski definition) is 2. The summed E-state index contributed by atoms with van der Waals surface area (Å²) >= 11 is 0. The fourth-order valence-corrected chi connectivity index (χ4v) is 2.58. The highest BCUT2D eigenvalue weighted by Crippen LogP contribution is 2.28. The Kier molecular flexibility index (Phi) is 1.90. The molecule has 1 atom stereocenters. The number of nitrogens with zero attached hydrogens (tertiary/aromatic N) is 1. The van der Waals surface area contributed by atoms with E-state index < -0.39 is 0 Å². The van der Waals surface area contributed by atoms with E-state index in [0.717, 1.165) is 0 Å². The Bertz CT molecular complexity index is 138. The lowest BCUT2D eigenvalue weighted by atomic mass is 9.88. The highest BCUT2D eigenvalue weighted by Gasteiger charge is 2.36. The normalized spacial score (nSPS) is 40.1. The Labute approximate surface area is 69.0 Å². The molecule has 1 N–H and O–H groups in total. The molecule has 11 heavy (non-hydrogen) atoms. The molecular weight excluding hydrogens is 136 g/mol. The van der Waals surface area contributed by atoms with E-state index in [1.807, 2.05) is 0 Å². The van der Waals surface area contributed by atoms with Crippen LogP contribution in [0.25, 0.3) is 0 Å². The van der Waals surface area contributed by atoms with Gasteiger partial charge in [0.15, 0.2) is 0 Å². The molecule has 0 aliphatic carbocycles. The molecule has 2 nitrogen and oxygen atoms in total. The zero-order valence-corrected chi connectivity index (χ0v) is 7.40. The van der Waals surface area contributed by atoms with Gasteiger partial charge in [-0.1, -0.05) is 0 Å². The maximum Gasteiger partial charge on any atom is 0.0309 e. The van der Waals surface area contributed by atoms with Crippen LogP contribution in [0.4, 0.5) is 0 Å². The van der Waals surface area contributed by atoms with E-state index >= 15 is 0 Å². The van der Waals surface area contributed by atoms with Crippen molar-refractivity contribution in [3.05, 3.63) is 0 Å². The van der Waals surface area contributed by atoms with Crippen molar-refractivity contribution in [3.63, 3.8) is 0 Å². The van der Waals surface area contributed by atoms with Gasteiger partial charge in [0.1, 0.15) is 0 Å². The maximum absolute atomic E-state index is 3.66. The zero-order chi connectivity index (χ0) is 7.73. The highest BCUT2D eigenvalue weighted by molar-refractivity contribution is 4.97. The molecule has 0 aromatic heterocycles. The van der Waals surface area contributed by atoms with Crippen molar-refractivity contribution in [2.45, 2.75) is 31.2 Å². The Balaban J connectivity index is 2.00. The summed E-state index contributed by atoms with van der Waals surface area (Å²) in [6.07, 6.45) is 5.56. The van der Waals surface area contributed by atoms with E-state index in [0.29, 0.717) is 5.54 Å². The van der Waals surface area contributed by atoms with Crippen molar-refractivity contribution in [1.29, 1.82) is 0 Å². The molecule has 1 spiro atoms. The minimum Gasteiger partial charge on any atom is -0.310 e. The molecule has 0 bridgehead atoms. The number of likely N-dealkylation sites (tertiary alicyclic amines) is 1. The lowest BCUT2D eigenvalue weighted by Crippen LogP contribution is -2.52. The van der Waals surface area contributed by atoms with Gasteiger partial charge in [-0.15, -0.1) is 0 Å². The fraction of sp³-hybridized carbons (Fsp3) is 1.00. The van der Waals surface area contributed by atoms with E-state index in [9.17, 15) is 0 Å². The number of nitrogens with one attached hydrogen (secondary N) is 1. The van der Waals surface area contributed by atoms with Crippen LogP contribution in [0.1, 0.15) is 25.7 Å². The first kappa shape index (κ1) is 7.56. The van der Waals surface area contributed by atoms with Crippen LogP contribution >= 0.6 is 0 Å². The number of rotatable bonds is 0. The summed E-state index contributed by atoms with van der Waals surface area (Å²) in [6, 6.07) is 0. The fourth-order valence-electron chi connectivity index (χ4n) is 2.58. The first-order valence-electron chi connectivity index (χ1n) is 4.74. The smallest absolute Gasteiger partial charge is 0.0309 e. The predicted octanol–water partition coefficient (Wildman–Crippen LogP) is 0.834. The average Bonchev–Trinajstić information content (AvgIpc) is 2.37. The van der Waals surface area contributed by atoms with E-state index in [-0.39, 0.29) is 0 Å². The molecule has 0 saturated carbocycles. The van der Waals surface area contributed by atoms with Crippen LogP contribution in [0.5, 0.6) is 0 Å². The standard InChI is InChI=1S/C9H18N2/c1-11-7-3-5-9(8-11)4-2-6-10-9/h10H,2-8H2,1H3/t9-/m0/s1. The second-order valence-corrected chi connectivity index (χ2v) is 4.15. The minimum atomic E-state index is 0.521. The number of hydrogen-bond donors (Lipinski definition) is 1. The lowest BCUT2D eigenvalue weighted by Gasteiger charge is -2.38. The summed E-state index contributed by atoms with van der Waals surface area (Å²) in [5.41, 5.74) is 0.521. The molecule has 0 amide bonds. The van der Waals surface area contributed by atoms with Gasteiger partial charge in [-0.05, 0) is 45.8 Å². The first-order valence-corrected chi connectivity index (χ1v) is 4.74. The molecule has 2 saturated heterocycles. The van der Waals surface area contributed by atoms with Crippen LogP contribution in [0.2, 0.25) is 0 Å². The largest absolute Gasteiger partial charge is 0.310 e. The highest BCUT2D eigenvalue weighted by atomic mass is 15.2. The molecule has 2 fully saturated rings. The van der Waals surface area contributed by atoms with Gasteiger partial charge in [0.25, 0.3) is 0 Å².